The second kappa shape index (κ2) is 4.75. The number of nitrogens with zero attached hydrogens (tertiary/aromatic N) is 1. The fourth-order valence-electron chi connectivity index (χ4n) is 2.18. The Morgan fingerprint density at radius 3 is 2.88 bits per heavy atom. The minimum absolute atomic E-state index is 0.416. The summed E-state index contributed by atoms with van der Waals surface area (Å²) in [6.07, 6.45) is -0.718. The molecule has 1 aliphatic rings. The summed E-state index contributed by atoms with van der Waals surface area (Å²) < 4.78 is 5.21. The molecule has 0 radical (unpaired) electrons. The van der Waals surface area contributed by atoms with E-state index in [4.69, 9.17) is 9.84 Å². The first kappa shape index (κ1) is 11.9. The van der Waals surface area contributed by atoms with Gasteiger partial charge < -0.3 is 14.7 Å². The fourth-order valence-corrected chi connectivity index (χ4v) is 2.18. The minimum atomic E-state index is -0.889. The lowest BCUT2D eigenvalue weighted by molar-refractivity contribution is -0.150. The molecule has 1 saturated heterocycles. The highest BCUT2D eigenvalue weighted by molar-refractivity contribution is 5.74. The fraction of sp³-hybridized carbons (Fsp3) is 0.462. The van der Waals surface area contributed by atoms with Gasteiger partial charge in [0.2, 0.25) is 0 Å². The Morgan fingerprint density at radius 1 is 1.47 bits per heavy atom. The van der Waals surface area contributed by atoms with E-state index in [1.54, 1.807) is 0 Å². The van der Waals surface area contributed by atoms with Gasteiger partial charge in [0.1, 0.15) is 0 Å². The Morgan fingerprint density at radius 2 is 2.24 bits per heavy atom. The van der Waals surface area contributed by atoms with Gasteiger partial charge in [-0.15, -0.1) is 0 Å². The minimum Gasteiger partial charge on any atom is -0.479 e. The van der Waals surface area contributed by atoms with Crippen molar-refractivity contribution in [3.63, 3.8) is 0 Å². The molecule has 1 N–H and O–H groups in total. The number of rotatable bonds is 2. The molecule has 4 heteroatoms. The molecule has 0 aliphatic carbocycles. The van der Waals surface area contributed by atoms with Crippen LogP contribution < -0.4 is 4.90 Å². The molecule has 1 atom stereocenters. The summed E-state index contributed by atoms with van der Waals surface area (Å²) in [5.74, 6) is -0.889. The third kappa shape index (κ3) is 2.58. The summed E-state index contributed by atoms with van der Waals surface area (Å²) in [5.41, 5.74) is 3.50. The maximum atomic E-state index is 10.9. The number of hydrogen-bond acceptors (Lipinski definition) is 3. The standard InChI is InChI=1S/C13H17NO3/c1-9-3-4-11(10(2)7-9)14-5-6-17-12(8-14)13(15)16/h3-4,7,12H,5-6,8H2,1-2H3,(H,15,16). The maximum Gasteiger partial charge on any atom is 0.334 e. The Hall–Kier alpha value is -1.55. The molecule has 0 aromatic heterocycles. The Kier molecular flexibility index (Phi) is 3.33. The third-order valence-electron chi connectivity index (χ3n) is 3.03. The number of aryl methyl sites for hydroxylation is 2. The second-order valence-corrected chi connectivity index (χ2v) is 4.43. The number of aliphatic carboxylic acids is 1. The van der Waals surface area contributed by atoms with Gasteiger partial charge in [0, 0.05) is 12.2 Å². The van der Waals surface area contributed by atoms with Crippen molar-refractivity contribution in [2.24, 2.45) is 0 Å². The van der Waals surface area contributed by atoms with E-state index in [2.05, 4.69) is 24.0 Å². The largest absolute Gasteiger partial charge is 0.479 e. The van der Waals surface area contributed by atoms with Crippen molar-refractivity contribution in [2.45, 2.75) is 20.0 Å². The predicted octanol–water partition coefficient (Wildman–Crippen LogP) is 1.59. The average molecular weight is 235 g/mol. The van der Waals surface area contributed by atoms with Crippen LogP contribution in [0.25, 0.3) is 0 Å². The summed E-state index contributed by atoms with van der Waals surface area (Å²) in [5, 5.41) is 8.96. The number of ether oxygens (including phenoxy) is 1. The van der Waals surface area contributed by atoms with Crippen molar-refractivity contribution in [3.8, 4) is 0 Å². The van der Waals surface area contributed by atoms with Crippen molar-refractivity contribution in [2.75, 3.05) is 24.6 Å². The van der Waals surface area contributed by atoms with E-state index in [0.717, 1.165) is 12.2 Å². The van der Waals surface area contributed by atoms with Crippen LogP contribution in [0.2, 0.25) is 0 Å². The van der Waals surface area contributed by atoms with Crippen LogP contribution in [0.5, 0.6) is 0 Å². The maximum absolute atomic E-state index is 10.9. The van der Waals surface area contributed by atoms with E-state index < -0.39 is 12.1 Å². The first-order valence-corrected chi connectivity index (χ1v) is 5.74. The third-order valence-corrected chi connectivity index (χ3v) is 3.03. The summed E-state index contributed by atoms with van der Waals surface area (Å²) in [4.78, 5) is 13.0. The average Bonchev–Trinajstić information content (AvgIpc) is 2.29. The van der Waals surface area contributed by atoms with E-state index in [0.29, 0.717) is 13.2 Å². The lowest BCUT2D eigenvalue weighted by Crippen LogP contribution is -2.46. The van der Waals surface area contributed by atoms with Crippen LogP contribution in [-0.4, -0.2) is 36.9 Å². The first-order chi connectivity index (χ1) is 8.08. The zero-order chi connectivity index (χ0) is 12.4. The van der Waals surface area contributed by atoms with E-state index in [-0.39, 0.29) is 0 Å². The van der Waals surface area contributed by atoms with E-state index in [9.17, 15) is 4.79 Å². The zero-order valence-corrected chi connectivity index (χ0v) is 10.1. The van der Waals surface area contributed by atoms with Gasteiger partial charge >= 0.3 is 5.97 Å². The highest BCUT2D eigenvalue weighted by atomic mass is 16.5. The van der Waals surface area contributed by atoms with Gasteiger partial charge in [-0.05, 0) is 25.5 Å². The van der Waals surface area contributed by atoms with Gasteiger partial charge in [0.25, 0.3) is 0 Å². The van der Waals surface area contributed by atoms with Crippen molar-refractivity contribution < 1.29 is 14.6 Å². The summed E-state index contributed by atoms with van der Waals surface area (Å²) in [6, 6.07) is 6.21. The number of benzene rings is 1. The molecule has 0 amide bonds. The number of hydrogen-bond donors (Lipinski definition) is 1. The Bertz CT molecular complexity index is 431. The molecule has 0 bridgehead atoms. The van der Waals surface area contributed by atoms with Gasteiger partial charge in [-0.25, -0.2) is 4.79 Å². The number of carboxylic acid groups (broad SMARTS) is 1. The predicted molar refractivity (Wildman–Crippen MR) is 65.5 cm³/mol. The summed E-state index contributed by atoms with van der Waals surface area (Å²) >= 11 is 0. The van der Waals surface area contributed by atoms with Crippen LogP contribution in [0, 0.1) is 13.8 Å². The highest BCUT2D eigenvalue weighted by Gasteiger charge is 2.26. The van der Waals surface area contributed by atoms with Gasteiger partial charge in [-0.1, -0.05) is 17.7 Å². The molecule has 1 fully saturated rings. The van der Waals surface area contributed by atoms with Crippen LogP contribution in [0.1, 0.15) is 11.1 Å². The molecule has 0 saturated carbocycles. The monoisotopic (exact) mass is 235 g/mol. The van der Waals surface area contributed by atoms with Crippen LogP contribution in [0.3, 0.4) is 0 Å². The Balaban J connectivity index is 2.19. The first-order valence-electron chi connectivity index (χ1n) is 5.74. The molecule has 1 aliphatic heterocycles. The summed E-state index contributed by atoms with van der Waals surface area (Å²) in [7, 11) is 0. The number of carboxylic acids is 1. The van der Waals surface area contributed by atoms with Gasteiger partial charge in [-0.3, -0.25) is 0 Å². The molecule has 2 rings (SSSR count). The number of anilines is 1. The van der Waals surface area contributed by atoms with Crippen molar-refractivity contribution in [1.29, 1.82) is 0 Å². The molecule has 4 nitrogen and oxygen atoms in total. The number of morpholine rings is 1. The van der Waals surface area contributed by atoms with E-state index in [1.165, 1.54) is 11.1 Å². The molecule has 92 valence electrons. The van der Waals surface area contributed by atoms with Gasteiger partial charge in [0.15, 0.2) is 6.10 Å². The molecular weight excluding hydrogens is 218 g/mol. The van der Waals surface area contributed by atoms with E-state index >= 15 is 0 Å². The van der Waals surface area contributed by atoms with Crippen LogP contribution >= 0.6 is 0 Å². The van der Waals surface area contributed by atoms with Crippen molar-refractivity contribution in [3.05, 3.63) is 29.3 Å². The van der Waals surface area contributed by atoms with Crippen LogP contribution in [-0.2, 0) is 9.53 Å². The Labute approximate surface area is 101 Å². The second-order valence-electron chi connectivity index (χ2n) is 4.43. The molecule has 1 heterocycles. The van der Waals surface area contributed by atoms with Crippen molar-refractivity contribution in [1.82, 2.24) is 0 Å². The molecule has 1 aromatic rings. The lowest BCUT2D eigenvalue weighted by Gasteiger charge is -2.33. The topological polar surface area (TPSA) is 49.8 Å². The normalized spacial score (nSPS) is 20.4. The summed E-state index contributed by atoms with van der Waals surface area (Å²) in [6.45, 7) is 5.72. The SMILES string of the molecule is Cc1ccc(N2CCOC(C(=O)O)C2)c(C)c1. The number of carbonyl (C=O) groups is 1. The van der Waals surface area contributed by atoms with Gasteiger partial charge in [-0.2, -0.15) is 0 Å². The molecular formula is C13H17NO3. The highest BCUT2D eigenvalue weighted by Crippen LogP contribution is 2.23. The molecule has 1 unspecified atom stereocenters. The smallest absolute Gasteiger partial charge is 0.334 e. The molecule has 17 heavy (non-hydrogen) atoms. The zero-order valence-electron chi connectivity index (χ0n) is 10.1. The van der Waals surface area contributed by atoms with E-state index in [1.807, 2.05) is 13.0 Å². The molecule has 0 spiro atoms. The lowest BCUT2D eigenvalue weighted by atomic mass is 10.1. The quantitative estimate of drug-likeness (QED) is 0.845. The van der Waals surface area contributed by atoms with Crippen molar-refractivity contribution >= 4 is 11.7 Å². The van der Waals surface area contributed by atoms with Gasteiger partial charge in [0.05, 0.1) is 13.2 Å². The van der Waals surface area contributed by atoms with Crippen LogP contribution in [0.4, 0.5) is 5.69 Å². The molecule has 1 aromatic carbocycles. The van der Waals surface area contributed by atoms with Crippen LogP contribution in [0.15, 0.2) is 18.2 Å².